The Morgan fingerprint density at radius 3 is 2.80 bits per heavy atom. The first kappa shape index (κ1) is 17.6. The number of hydrogen-bond acceptors (Lipinski definition) is 4. The van der Waals surface area contributed by atoms with Crippen molar-refractivity contribution in [1.82, 2.24) is 15.5 Å². The van der Waals surface area contributed by atoms with Crippen LogP contribution in [0.2, 0.25) is 0 Å². The second-order valence-electron chi connectivity index (χ2n) is 7.61. The van der Waals surface area contributed by atoms with E-state index in [1.54, 1.807) is 0 Å². The van der Waals surface area contributed by atoms with E-state index in [0.29, 0.717) is 18.7 Å². The van der Waals surface area contributed by atoms with Crippen molar-refractivity contribution in [2.24, 2.45) is 0 Å². The molecule has 25 heavy (non-hydrogen) atoms. The van der Waals surface area contributed by atoms with Gasteiger partial charge in [-0.05, 0) is 43.7 Å². The predicted molar refractivity (Wildman–Crippen MR) is 96.3 cm³/mol. The summed E-state index contributed by atoms with van der Waals surface area (Å²) in [6, 6.07) is 8.51. The summed E-state index contributed by atoms with van der Waals surface area (Å²) in [4.78, 5) is 16.7. The lowest BCUT2D eigenvalue weighted by atomic mass is 9.79. The molecule has 1 amide bonds. The van der Waals surface area contributed by atoms with Gasteiger partial charge in [0.25, 0.3) is 0 Å². The Morgan fingerprint density at radius 2 is 2.08 bits per heavy atom. The molecule has 2 aromatic rings. The maximum absolute atomic E-state index is 12.4. The van der Waals surface area contributed by atoms with Crippen LogP contribution in [0.5, 0.6) is 0 Å². The second-order valence-corrected chi connectivity index (χ2v) is 7.61. The van der Waals surface area contributed by atoms with Gasteiger partial charge in [0.2, 0.25) is 11.8 Å². The number of aryl methyl sites for hydroxylation is 2. The van der Waals surface area contributed by atoms with Crippen molar-refractivity contribution < 1.29 is 9.32 Å². The van der Waals surface area contributed by atoms with Gasteiger partial charge in [0.1, 0.15) is 0 Å². The molecule has 3 rings (SSSR count). The maximum atomic E-state index is 12.4. The molecule has 0 saturated heterocycles. The predicted octanol–water partition coefficient (Wildman–Crippen LogP) is 3.58. The lowest BCUT2D eigenvalue weighted by Gasteiger charge is -2.36. The van der Waals surface area contributed by atoms with E-state index in [0.717, 1.165) is 31.5 Å². The number of amides is 1. The Kier molecular flexibility index (Phi) is 5.21. The highest BCUT2D eigenvalue weighted by molar-refractivity contribution is 5.76. The van der Waals surface area contributed by atoms with Gasteiger partial charge in [0.05, 0.1) is 0 Å². The van der Waals surface area contributed by atoms with Crippen LogP contribution < -0.4 is 5.32 Å². The zero-order chi connectivity index (χ0) is 17.9. The number of carbonyl (C=O) groups is 1. The summed E-state index contributed by atoms with van der Waals surface area (Å²) in [6.45, 7) is 6.21. The Labute approximate surface area is 149 Å². The van der Waals surface area contributed by atoms with Crippen LogP contribution in [0.25, 0.3) is 0 Å². The third-order valence-corrected chi connectivity index (χ3v) is 4.88. The summed E-state index contributed by atoms with van der Waals surface area (Å²) in [6.07, 6.45) is 4.75. The Balaban J connectivity index is 1.47. The van der Waals surface area contributed by atoms with E-state index >= 15 is 0 Å². The number of hydrogen-bond donors (Lipinski definition) is 1. The molecule has 5 heteroatoms. The van der Waals surface area contributed by atoms with E-state index in [4.69, 9.17) is 4.52 Å². The molecule has 0 aliphatic heterocycles. The summed E-state index contributed by atoms with van der Waals surface area (Å²) in [5, 5.41) is 7.19. The second kappa shape index (κ2) is 7.38. The number of carbonyl (C=O) groups excluding carboxylic acids is 1. The first-order valence-electron chi connectivity index (χ1n) is 9.15. The lowest BCUT2D eigenvalue weighted by Crippen LogP contribution is -2.49. The molecule has 1 atom stereocenters. The van der Waals surface area contributed by atoms with Crippen LogP contribution in [-0.2, 0) is 24.1 Å². The van der Waals surface area contributed by atoms with Gasteiger partial charge in [0.15, 0.2) is 5.82 Å². The number of nitrogens with zero attached hydrogens (tertiary/aromatic N) is 2. The first-order chi connectivity index (χ1) is 12.0. The molecule has 1 aromatic heterocycles. The van der Waals surface area contributed by atoms with Crippen molar-refractivity contribution in [3.05, 3.63) is 47.1 Å². The summed E-state index contributed by atoms with van der Waals surface area (Å²) >= 11 is 0. The molecule has 0 saturated carbocycles. The fourth-order valence-corrected chi connectivity index (χ4v) is 3.40. The summed E-state index contributed by atoms with van der Waals surface area (Å²) in [7, 11) is 0. The van der Waals surface area contributed by atoms with Crippen molar-refractivity contribution in [3.8, 4) is 0 Å². The van der Waals surface area contributed by atoms with Gasteiger partial charge in [0, 0.05) is 24.3 Å². The Hall–Kier alpha value is -2.17. The molecule has 134 valence electrons. The minimum Gasteiger partial charge on any atom is -0.351 e. The van der Waals surface area contributed by atoms with Gasteiger partial charge in [-0.15, -0.1) is 0 Å². The fraction of sp³-hybridized carbons (Fsp3) is 0.550. The van der Waals surface area contributed by atoms with Gasteiger partial charge < -0.3 is 9.84 Å². The smallest absolute Gasteiger partial charge is 0.226 e. The monoisotopic (exact) mass is 341 g/mol. The molecule has 1 aliphatic carbocycles. The number of benzene rings is 1. The molecule has 1 aromatic carbocycles. The third-order valence-electron chi connectivity index (χ3n) is 4.88. The van der Waals surface area contributed by atoms with E-state index in [-0.39, 0.29) is 17.4 Å². The van der Waals surface area contributed by atoms with Crippen LogP contribution in [0.1, 0.15) is 68.8 Å². The van der Waals surface area contributed by atoms with Crippen molar-refractivity contribution in [2.75, 3.05) is 0 Å². The van der Waals surface area contributed by atoms with Crippen molar-refractivity contribution in [2.45, 2.75) is 70.8 Å². The van der Waals surface area contributed by atoms with E-state index in [2.05, 4.69) is 46.6 Å². The quantitative estimate of drug-likeness (QED) is 0.872. The number of fused-ring (bicyclic) bond motifs is 1. The van der Waals surface area contributed by atoms with E-state index in [1.165, 1.54) is 11.1 Å². The first-order valence-corrected chi connectivity index (χ1v) is 9.15. The molecule has 5 nitrogen and oxygen atoms in total. The lowest BCUT2D eigenvalue weighted by molar-refractivity contribution is -0.123. The van der Waals surface area contributed by atoms with Crippen LogP contribution in [-0.4, -0.2) is 21.6 Å². The molecular formula is C20H27N3O2. The maximum Gasteiger partial charge on any atom is 0.226 e. The molecule has 0 fully saturated rings. The van der Waals surface area contributed by atoms with Crippen molar-refractivity contribution in [1.29, 1.82) is 0 Å². The number of rotatable bonds is 6. The van der Waals surface area contributed by atoms with Gasteiger partial charge in [-0.2, -0.15) is 4.98 Å². The van der Waals surface area contributed by atoms with Crippen LogP contribution in [0, 0.1) is 0 Å². The highest BCUT2D eigenvalue weighted by atomic mass is 16.5. The largest absolute Gasteiger partial charge is 0.351 e. The van der Waals surface area contributed by atoms with Crippen molar-refractivity contribution in [3.63, 3.8) is 0 Å². The van der Waals surface area contributed by atoms with Gasteiger partial charge in [-0.25, -0.2) is 0 Å². The highest BCUT2D eigenvalue weighted by Crippen LogP contribution is 2.28. The summed E-state index contributed by atoms with van der Waals surface area (Å²) in [5.74, 6) is 1.71. The summed E-state index contributed by atoms with van der Waals surface area (Å²) in [5.41, 5.74) is 2.61. The van der Waals surface area contributed by atoms with E-state index < -0.39 is 0 Å². The minimum atomic E-state index is -0.152. The molecule has 0 spiro atoms. The van der Waals surface area contributed by atoms with Crippen LogP contribution >= 0.6 is 0 Å². The van der Waals surface area contributed by atoms with Crippen LogP contribution in [0.15, 0.2) is 28.8 Å². The van der Waals surface area contributed by atoms with E-state index in [9.17, 15) is 4.79 Å². The van der Waals surface area contributed by atoms with Gasteiger partial charge >= 0.3 is 0 Å². The average molecular weight is 341 g/mol. The van der Waals surface area contributed by atoms with E-state index in [1.807, 2.05) is 13.8 Å². The summed E-state index contributed by atoms with van der Waals surface area (Å²) < 4.78 is 5.22. The zero-order valence-electron chi connectivity index (χ0n) is 15.3. The molecule has 1 heterocycles. The van der Waals surface area contributed by atoms with Gasteiger partial charge in [-0.3, -0.25) is 4.79 Å². The Bertz CT molecular complexity index is 738. The molecule has 1 aliphatic rings. The fourth-order valence-electron chi connectivity index (χ4n) is 3.40. The van der Waals surface area contributed by atoms with Crippen LogP contribution in [0.3, 0.4) is 0 Å². The normalized spacial score (nSPS) is 19.7. The zero-order valence-corrected chi connectivity index (χ0v) is 15.3. The van der Waals surface area contributed by atoms with Crippen molar-refractivity contribution >= 4 is 5.91 Å². The van der Waals surface area contributed by atoms with Crippen LogP contribution in [0.4, 0.5) is 0 Å². The molecule has 0 unspecified atom stereocenters. The molecular weight excluding hydrogens is 314 g/mol. The number of nitrogens with one attached hydrogen (secondary N) is 1. The standard InChI is InChI=1S/C20H27N3O2/c1-14(2)19-21-18(25-23-19)10-6-9-17(24)22-20(3)12-11-15-7-4-5-8-16(15)13-20/h4-5,7-8,14H,6,9-13H2,1-3H3,(H,22,24)/t20-/m0/s1. The minimum absolute atomic E-state index is 0.102. The van der Waals surface area contributed by atoms with Gasteiger partial charge in [-0.1, -0.05) is 43.3 Å². The Morgan fingerprint density at radius 1 is 1.32 bits per heavy atom. The molecule has 1 N–H and O–H groups in total. The number of aromatic nitrogens is 2. The molecule has 0 bridgehead atoms. The third kappa shape index (κ3) is 4.47. The SMILES string of the molecule is CC(C)c1noc(CCCC(=O)N[C@@]2(C)CCc3ccccc3C2)n1. The topological polar surface area (TPSA) is 68.0 Å². The molecule has 0 radical (unpaired) electrons. The highest BCUT2D eigenvalue weighted by Gasteiger charge is 2.30. The average Bonchev–Trinajstić information content (AvgIpc) is 3.03.